The molecule has 3 atom stereocenters. The molecular formula is C14H26N4O. The predicted molar refractivity (Wildman–Crippen MR) is 74.7 cm³/mol. The summed E-state index contributed by atoms with van der Waals surface area (Å²) >= 11 is 0. The fourth-order valence-electron chi connectivity index (χ4n) is 3.29. The molecule has 1 saturated carbocycles. The van der Waals surface area contributed by atoms with Crippen LogP contribution < -0.4 is 5.73 Å². The molecule has 0 aromatic carbocycles. The van der Waals surface area contributed by atoms with Gasteiger partial charge in [0.15, 0.2) is 0 Å². The van der Waals surface area contributed by atoms with E-state index in [9.17, 15) is 0 Å². The van der Waals surface area contributed by atoms with Crippen LogP contribution in [0.3, 0.4) is 0 Å². The molecular weight excluding hydrogens is 240 g/mol. The number of aromatic nitrogens is 3. The summed E-state index contributed by atoms with van der Waals surface area (Å²) in [5.74, 6) is 1.62. The highest BCUT2D eigenvalue weighted by Crippen LogP contribution is 2.37. The monoisotopic (exact) mass is 266 g/mol. The summed E-state index contributed by atoms with van der Waals surface area (Å²) in [4.78, 5) is 4.28. The van der Waals surface area contributed by atoms with Crippen molar-refractivity contribution in [3.8, 4) is 0 Å². The highest BCUT2D eigenvalue weighted by molar-refractivity contribution is 5.01. The Hall–Kier alpha value is -0.940. The van der Waals surface area contributed by atoms with Gasteiger partial charge in [0.1, 0.15) is 12.2 Å². The number of aryl methyl sites for hydroxylation is 1. The van der Waals surface area contributed by atoms with Crippen molar-refractivity contribution in [3.63, 3.8) is 0 Å². The molecule has 0 aliphatic heterocycles. The molecule has 0 saturated heterocycles. The third-order valence-electron chi connectivity index (χ3n) is 4.31. The molecule has 3 unspecified atom stereocenters. The van der Waals surface area contributed by atoms with Crippen LogP contribution >= 0.6 is 0 Å². The first-order valence-corrected chi connectivity index (χ1v) is 7.30. The predicted octanol–water partition coefficient (Wildman–Crippen LogP) is 1.67. The molecule has 5 heteroatoms. The molecule has 0 radical (unpaired) electrons. The molecule has 108 valence electrons. The number of nitrogens with two attached hydrogens (primary N) is 1. The summed E-state index contributed by atoms with van der Waals surface area (Å²) < 4.78 is 7.91. The van der Waals surface area contributed by atoms with E-state index in [-0.39, 0.29) is 11.6 Å². The Morgan fingerprint density at radius 1 is 1.63 bits per heavy atom. The second-order valence-corrected chi connectivity index (χ2v) is 5.81. The number of rotatable bonds is 5. The van der Waals surface area contributed by atoms with Crippen LogP contribution in [0.1, 0.15) is 45.4 Å². The van der Waals surface area contributed by atoms with Crippen LogP contribution in [0.5, 0.6) is 0 Å². The topological polar surface area (TPSA) is 66.0 Å². The molecule has 1 fully saturated rings. The van der Waals surface area contributed by atoms with Gasteiger partial charge < -0.3 is 10.5 Å². The summed E-state index contributed by atoms with van der Waals surface area (Å²) in [6.45, 7) is 5.07. The molecule has 5 nitrogen and oxygen atoms in total. The zero-order chi connectivity index (χ0) is 13.9. The second kappa shape index (κ2) is 6.01. The highest BCUT2D eigenvalue weighted by atomic mass is 16.5. The van der Waals surface area contributed by atoms with Gasteiger partial charge in [-0.1, -0.05) is 19.8 Å². The van der Waals surface area contributed by atoms with Crippen LogP contribution in [0.4, 0.5) is 0 Å². The van der Waals surface area contributed by atoms with E-state index in [0.717, 1.165) is 31.7 Å². The van der Waals surface area contributed by atoms with Crippen LogP contribution in [0.15, 0.2) is 6.33 Å². The first-order valence-electron chi connectivity index (χ1n) is 7.30. The first kappa shape index (κ1) is 14.5. The molecule has 0 bridgehead atoms. The van der Waals surface area contributed by atoms with E-state index in [0.29, 0.717) is 5.92 Å². The van der Waals surface area contributed by atoms with Crippen LogP contribution in [-0.4, -0.2) is 33.0 Å². The Labute approximate surface area is 115 Å². The summed E-state index contributed by atoms with van der Waals surface area (Å²) in [6.07, 6.45) is 6.91. The maximum atomic E-state index is 6.49. The Bertz CT molecular complexity index is 402. The van der Waals surface area contributed by atoms with Crippen LogP contribution in [0.2, 0.25) is 0 Å². The molecule has 2 rings (SSSR count). The summed E-state index contributed by atoms with van der Waals surface area (Å²) in [5.41, 5.74) is 6.30. The fraction of sp³-hybridized carbons (Fsp3) is 0.857. The SMILES string of the molecule is CCOC1(C(N)Cc2ncnn2C)CCCC(C)C1. The van der Waals surface area contributed by atoms with Crippen molar-refractivity contribution in [3.05, 3.63) is 12.2 Å². The van der Waals surface area contributed by atoms with Crippen molar-refractivity contribution >= 4 is 0 Å². The quantitative estimate of drug-likeness (QED) is 0.880. The van der Waals surface area contributed by atoms with Crippen LogP contribution in [0, 0.1) is 5.92 Å². The number of nitrogens with zero attached hydrogens (tertiary/aromatic N) is 3. The summed E-state index contributed by atoms with van der Waals surface area (Å²) in [6, 6.07) is -0.0156. The van der Waals surface area contributed by atoms with Gasteiger partial charge in [-0.15, -0.1) is 0 Å². The van der Waals surface area contributed by atoms with E-state index in [1.54, 1.807) is 11.0 Å². The maximum Gasteiger partial charge on any atom is 0.138 e. The van der Waals surface area contributed by atoms with E-state index in [2.05, 4.69) is 23.9 Å². The average molecular weight is 266 g/mol. The zero-order valence-electron chi connectivity index (χ0n) is 12.3. The molecule has 0 amide bonds. The van der Waals surface area contributed by atoms with Crippen LogP contribution in [0.25, 0.3) is 0 Å². The fourth-order valence-corrected chi connectivity index (χ4v) is 3.29. The molecule has 0 spiro atoms. The minimum Gasteiger partial charge on any atom is -0.374 e. The van der Waals surface area contributed by atoms with Crippen molar-refractivity contribution in [1.29, 1.82) is 0 Å². The average Bonchev–Trinajstić information content (AvgIpc) is 2.75. The van der Waals surface area contributed by atoms with Gasteiger partial charge in [0, 0.05) is 26.1 Å². The van der Waals surface area contributed by atoms with Crippen LogP contribution in [-0.2, 0) is 18.2 Å². The van der Waals surface area contributed by atoms with Gasteiger partial charge in [-0.25, -0.2) is 4.98 Å². The van der Waals surface area contributed by atoms with Gasteiger partial charge in [-0.2, -0.15) is 5.10 Å². The summed E-state index contributed by atoms with van der Waals surface area (Å²) in [7, 11) is 1.91. The zero-order valence-corrected chi connectivity index (χ0v) is 12.3. The lowest BCUT2D eigenvalue weighted by atomic mass is 9.74. The molecule has 19 heavy (non-hydrogen) atoms. The molecule has 2 N–H and O–H groups in total. The standard InChI is InChI=1S/C14H26N4O/c1-4-19-14(7-5-6-11(2)9-14)12(15)8-13-16-10-17-18(13)3/h10-12H,4-9,15H2,1-3H3. The largest absolute Gasteiger partial charge is 0.374 e. The van der Waals surface area contributed by atoms with Crippen molar-refractivity contribution in [1.82, 2.24) is 14.8 Å². The smallest absolute Gasteiger partial charge is 0.138 e. The first-order chi connectivity index (χ1) is 9.07. The van der Waals surface area contributed by atoms with E-state index < -0.39 is 0 Å². The molecule has 1 aliphatic rings. The second-order valence-electron chi connectivity index (χ2n) is 5.81. The third kappa shape index (κ3) is 3.15. The van der Waals surface area contributed by atoms with Gasteiger partial charge in [0.2, 0.25) is 0 Å². The minimum atomic E-state index is -0.182. The van der Waals surface area contributed by atoms with Gasteiger partial charge in [0.05, 0.1) is 5.60 Å². The Morgan fingerprint density at radius 2 is 2.42 bits per heavy atom. The lowest BCUT2D eigenvalue weighted by molar-refractivity contribution is -0.0929. The van der Waals surface area contributed by atoms with E-state index in [1.165, 1.54) is 12.8 Å². The Balaban J connectivity index is 2.11. The molecule has 1 heterocycles. The Kier molecular flexibility index (Phi) is 4.58. The lowest BCUT2D eigenvalue weighted by Gasteiger charge is -2.43. The van der Waals surface area contributed by atoms with Crippen molar-refractivity contribution in [2.45, 2.75) is 57.6 Å². The molecule has 1 aromatic rings. The van der Waals surface area contributed by atoms with Crippen molar-refractivity contribution < 1.29 is 4.74 Å². The van der Waals surface area contributed by atoms with Gasteiger partial charge in [0.25, 0.3) is 0 Å². The molecule has 1 aromatic heterocycles. The Morgan fingerprint density at radius 3 is 3.00 bits per heavy atom. The lowest BCUT2D eigenvalue weighted by Crippen LogP contribution is -2.54. The highest BCUT2D eigenvalue weighted by Gasteiger charge is 2.41. The van der Waals surface area contributed by atoms with Gasteiger partial charge >= 0.3 is 0 Å². The van der Waals surface area contributed by atoms with Gasteiger partial charge in [-0.05, 0) is 25.7 Å². The third-order valence-corrected chi connectivity index (χ3v) is 4.31. The number of hydrogen-bond donors (Lipinski definition) is 1. The minimum absolute atomic E-state index is 0.0156. The maximum absolute atomic E-state index is 6.49. The summed E-state index contributed by atoms with van der Waals surface area (Å²) in [5, 5.41) is 4.11. The van der Waals surface area contributed by atoms with Crippen molar-refractivity contribution in [2.24, 2.45) is 18.7 Å². The normalized spacial score (nSPS) is 29.4. The molecule has 1 aliphatic carbocycles. The number of hydrogen-bond acceptors (Lipinski definition) is 4. The van der Waals surface area contributed by atoms with E-state index in [1.807, 2.05) is 7.05 Å². The van der Waals surface area contributed by atoms with E-state index in [4.69, 9.17) is 10.5 Å². The van der Waals surface area contributed by atoms with Gasteiger partial charge in [-0.3, -0.25) is 4.68 Å². The number of ether oxygens (including phenoxy) is 1. The van der Waals surface area contributed by atoms with E-state index >= 15 is 0 Å². The van der Waals surface area contributed by atoms with Crippen molar-refractivity contribution in [2.75, 3.05) is 6.61 Å².